The highest BCUT2D eigenvalue weighted by Gasteiger charge is 2.30. The molecule has 34 heavy (non-hydrogen) atoms. The van der Waals surface area contributed by atoms with Crippen LogP contribution in [0.15, 0.2) is 77.7 Å². The van der Waals surface area contributed by atoms with Gasteiger partial charge in [-0.05, 0) is 61.4 Å². The molecule has 0 spiro atoms. The Morgan fingerprint density at radius 3 is 2.09 bits per heavy atom. The summed E-state index contributed by atoms with van der Waals surface area (Å²) in [4.78, 5) is 16.9. The first-order valence-electron chi connectivity index (χ1n) is 11.2. The number of carbonyl (C=O) groups excluding carboxylic acids is 1. The Labute approximate surface area is 200 Å². The van der Waals surface area contributed by atoms with Gasteiger partial charge in [-0.3, -0.25) is 9.10 Å². The number of benzene rings is 3. The minimum Gasteiger partial charge on any atom is -0.366 e. The van der Waals surface area contributed by atoms with Crippen molar-refractivity contribution in [2.75, 3.05) is 41.9 Å². The summed E-state index contributed by atoms with van der Waals surface area (Å²) in [5.41, 5.74) is 2.79. The molecule has 1 aliphatic rings. The zero-order chi connectivity index (χ0) is 24.3. The van der Waals surface area contributed by atoms with Gasteiger partial charge in [0, 0.05) is 26.2 Å². The minimum atomic E-state index is -3.95. The monoisotopic (exact) mass is 481 g/mol. The van der Waals surface area contributed by atoms with E-state index in [-0.39, 0.29) is 23.2 Å². The molecule has 0 atom stereocenters. The third kappa shape index (κ3) is 5.07. The van der Waals surface area contributed by atoms with E-state index in [1.165, 1.54) is 22.5 Å². The van der Waals surface area contributed by atoms with Crippen molar-refractivity contribution in [2.24, 2.45) is 0 Å². The molecular weight excluding hydrogens is 453 g/mol. The molecule has 178 valence electrons. The minimum absolute atomic E-state index is 0.131. The van der Waals surface area contributed by atoms with E-state index >= 15 is 0 Å². The summed E-state index contributed by atoms with van der Waals surface area (Å²) >= 11 is 0. The van der Waals surface area contributed by atoms with Crippen LogP contribution in [-0.2, 0) is 14.8 Å². The van der Waals surface area contributed by atoms with Gasteiger partial charge in [-0.1, -0.05) is 36.4 Å². The molecule has 0 aliphatic carbocycles. The third-order valence-electron chi connectivity index (χ3n) is 5.93. The first-order chi connectivity index (χ1) is 16.3. The Balaban J connectivity index is 1.56. The zero-order valence-electron chi connectivity index (χ0n) is 19.3. The maximum atomic E-state index is 14.2. The van der Waals surface area contributed by atoms with Crippen LogP contribution in [0.4, 0.5) is 15.8 Å². The maximum absolute atomic E-state index is 14.2. The second kappa shape index (κ2) is 9.85. The van der Waals surface area contributed by atoms with Gasteiger partial charge in [0.1, 0.15) is 12.4 Å². The number of para-hydroxylation sites is 1. The number of nitrogens with zero attached hydrogens (tertiary/aromatic N) is 3. The van der Waals surface area contributed by atoms with Crippen molar-refractivity contribution in [2.45, 2.75) is 18.7 Å². The van der Waals surface area contributed by atoms with Gasteiger partial charge in [0.05, 0.1) is 16.3 Å². The summed E-state index contributed by atoms with van der Waals surface area (Å²) in [5, 5.41) is 0. The Hall–Kier alpha value is -3.39. The van der Waals surface area contributed by atoms with Crippen LogP contribution in [-0.4, -0.2) is 51.9 Å². The molecule has 0 saturated carbocycles. The van der Waals surface area contributed by atoms with Gasteiger partial charge in [-0.2, -0.15) is 0 Å². The van der Waals surface area contributed by atoms with Crippen LogP contribution in [0.5, 0.6) is 0 Å². The number of aryl methyl sites for hydroxylation is 2. The highest BCUT2D eigenvalue weighted by Crippen LogP contribution is 2.26. The number of amides is 1. The summed E-state index contributed by atoms with van der Waals surface area (Å²) < 4.78 is 42.4. The lowest BCUT2D eigenvalue weighted by Crippen LogP contribution is -2.52. The zero-order valence-corrected chi connectivity index (χ0v) is 20.1. The number of piperazine rings is 1. The van der Waals surface area contributed by atoms with E-state index in [1.807, 2.05) is 24.8 Å². The molecule has 1 saturated heterocycles. The number of rotatable bonds is 6. The summed E-state index contributed by atoms with van der Waals surface area (Å²) in [6.07, 6.45) is 0. The second-order valence-corrected chi connectivity index (χ2v) is 10.4. The summed E-state index contributed by atoms with van der Waals surface area (Å²) in [6.45, 7) is 5.21. The average Bonchev–Trinajstić information content (AvgIpc) is 2.82. The Bertz CT molecular complexity index is 1250. The van der Waals surface area contributed by atoms with Crippen molar-refractivity contribution < 1.29 is 17.6 Å². The van der Waals surface area contributed by atoms with Crippen molar-refractivity contribution >= 4 is 27.3 Å². The first kappa shape index (κ1) is 23.8. The van der Waals surface area contributed by atoms with Crippen molar-refractivity contribution in [1.29, 1.82) is 0 Å². The van der Waals surface area contributed by atoms with E-state index in [0.717, 1.165) is 11.1 Å². The number of anilines is 2. The number of hydrogen-bond acceptors (Lipinski definition) is 4. The molecule has 0 radical (unpaired) electrons. The topological polar surface area (TPSA) is 60.9 Å². The van der Waals surface area contributed by atoms with Crippen molar-refractivity contribution in [3.63, 3.8) is 0 Å². The molecule has 0 aromatic heterocycles. The Morgan fingerprint density at radius 1 is 0.882 bits per heavy atom. The van der Waals surface area contributed by atoms with Crippen LogP contribution in [0.2, 0.25) is 0 Å². The van der Waals surface area contributed by atoms with E-state index in [0.29, 0.717) is 37.6 Å². The van der Waals surface area contributed by atoms with E-state index in [9.17, 15) is 17.6 Å². The lowest BCUT2D eigenvalue weighted by molar-refractivity contribution is -0.129. The van der Waals surface area contributed by atoms with Crippen LogP contribution >= 0.6 is 0 Å². The fraction of sp³-hybridized carbons (Fsp3) is 0.269. The van der Waals surface area contributed by atoms with Gasteiger partial charge >= 0.3 is 0 Å². The van der Waals surface area contributed by atoms with E-state index in [2.05, 4.69) is 0 Å². The molecule has 1 fully saturated rings. The number of carbonyl (C=O) groups is 1. The summed E-state index contributed by atoms with van der Waals surface area (Å²) in [6, 6.07) is 20.2. The third-order valence-corrected chi connectivity index (χ3v) is 7.72. The number of halogens is 1. The molecule has 1 amide bonds. The van der Waals surface area contributed by atoms with Crippen LogP contribution in [0.25, 0.3) is 0 Å². The molecule has 3 aromatic carbocycles. The Morgan fingerprint density at radius 2 is 1.47 bits per heavy atom. The summed E-state index contributed by atoms with van der Waals surface area (Å²) in [5.74, 6) is -0.580. The largest absolute Gasteiger partial charge is 0.366 e. The number of sulfonamides is 1. The Kier molecular flexibility index (Phi) is 6.88. The van der Waals surface area contributed by atoms with E-state index < -0.39 is 10.0 Å². The molecular formula is C26H28FN3O3S. The quantitative estimate of drug-likeness (QED) is 0.534. The van der Waals surface area contributed by atoms with Gasteiger partial charge < -0.3 is 9.80 Å². The molecule has 4 rings (SSSR count). The van der Waals surface area contributed by atoms with Crippen molar-refractivity contribution in [1.82, 2.24) is 4.90 Å². The molecule has 1 aliphatic heterocycles. The SMILES string of the molecule is Cc1cc(C)cc(N(CC(=O)N2CCN(c3ccccc3F)CC2)S(=O)(=O)c2ccccc2)c1. The number of hydrogen-bond donors (Lipinski definition) is 0. The van der Waals surface area contributed by atoms with Crippen LogP contribution in [0.1, 0.15) is 11.1 Å². The standard InChI is InChI=1S/C26H28FN3O3S/c1-20-16-21(2)18-22(17-20)30(34(32,33)23-8-4-3-5-9-23)19-26(31)29-14-12-28(13-15-29)25-11-7-6-10-24(25)27/h3-11,16-18H,12-15,19H2,1-2H3. The fourth-order valence-corrected chi connectivity index (χ4v) is 5.68. The average molecular weight is 482 g/mol. The predicted molar refractivity (Wildman–Crippen MR) is 132 cm³/mol. The smallest absolute Gasteiger partial charge is 0.264 e. The van der Waals surface area contributed by atoms with Gasteiger partial charge in [0.25, 0.3) is 10.0 Å². The van der Waals surface area contributed by atoms with E-state index in [4.69, 9.17) is 0 Å². The highest BCUT2D eigenvalue weighted by molar-refractivity contribution is 7.92. The lowest BCUT2D eigenvalue weighted by Gasteiger charge is -2.37. The van der Waals surface area contributed by atoms with Gasteiger partial charge in [0.15, 0.2) is 0 Å². The molecule has 6 nitrogen and oxygen atoms in total. The van der Waals surface area contributed by atoms with Gasteiger partial charge in [-0.25, -0.2) is 12.8 Å². The van der Waals surface area contributed by atoms with Gasteiger partial charge in [-0.15, -0.1) is 0 Å². The normalized spacial score (nSPS) is 14.2. The van der Waals surface area contributed by atoms with Gasteiger partial charge in [0.2, 0.25) is 5.91 Å². The molecule has 0 bridgehead atoms. The lowest BCUT2D eigenvalue weighted by atomic mass is 10.1. The van der Waals surface area contributed by atoms with Crippen LogP contribution in [0, 0.1) is 19.7 Å². The van der Waals surface area contributed by atoms with Crippen molar-refractivity contribution in [3.05, 3.63) is 89.7 Å². The molecule has 0 N–H and O–H groups in total. The maximum Gasteiger partial charge on any atom is 0.264 e. The molecule has 0 unspecified atom stereocenters. The van der Waals surface area contributed by atoms with Crippen molar-refractivity contribution in [3.8, 4) is 0 Å². The molecule has 1 heterocycles. The predicted octanol–water partition coefficient (Wildman–Crippen LogP) is 3.99. The molecule has 8 heteroatoms. The van der Waals surface area contributed by atoms with Crippen LogP contribution < -0.4 is 9.21 Å². The van der Waals surface area contributed by atoms with Crippen LogP contribution in [0.3, 0.4) is 0 Å². The highest BCUT2D eigenvalue weighted by atomic mass is 32.2. The molecule has 3 aromatic rings. The second-order valence-electron chi connectivity index (χ2n) is 8.49. The van der Waals surface area contributed by atoms with E-state index in [1.54, 1.807) is 53.4 Å². The first-order valence-corrected chi connectivity index (χ1v) is 12.6. The summed E-state index contributed by atoms with van der Waals surface area (Å²) in [7, 11) is -3.95. The fourth-order valence-electron chi connectivity index (χ4n) is 4.26.